The van der Waals surface area contributed by atoms with Gasteiger partial charge in [0.1, 0.15) is 5.82 Å². The van der Waals surface area contributed by atoms with Crippen LogP contribution >= 0.6 is 0 Å². The molecule has 0 radical (unpaired) electrons. The van der Waals surface area contributed by atoms with Gasteiger partial charge in [-0.15, -0.1) is 0 Å². The lowest BCUT2D eigenvalue weighted by molar-refractivity contribution is -0.115. The molecule has 24 heavy (non-hydrogen) atoms. The number of sulfone groups is 1. The Morgan fingerprint density at radius 2 is 1.96 bits per heavy atom. The molecule has 7 heteroatoms. The molecule has 0 bridgehead atoms. The van der Waals surface area contributed by atoms with E-state index in [9.17, 15) is 13.2 Å². The van der Waals surface area contributed by atoms with Gasteiger partial charge in [-0.3, -0.25) is 4.79 Å². The minimum atomic E-state index is -3.18. The van der Waals surface area contributed by atoms with Crippen LogP contribution in [0.1, 0.15) is 39.5 Å². The van der Waals surface area contributed by atoms with Gasteiger partial charge in [0.15, 0.2) is 9.84 Å². The number of hydrogen-bond donors (Lipinski definition) is 1. The fraction of sp³-hybridized carbons (Fsp3) is 0.647. The summed E-state index contributed by atoms with van der Waals surface area (Å²) in [4.78, 5) is 18.5. The predicted octanol–water partition coefficient (Wildman–Crippen LogP) is 2.47. The van der Waals surface area contributed by atoms with E-state index in [4.69, 9.17) is 0 Å². The zero-order valence-electron chi connectivity index (χ0n) is 14.5. The molecular weight excluding hydrogens is 326 g/mol. The second kappa shape index (κ2) is 8.46. The van der Waals surface area contributed by atoms with Crippen molar-refractivity contribution in [2.75, 3.05) is 34.8 Å². The van der Waals surface area contributed by atoms with Gasteiger partial charge in [-0.05, 0) is 37.3 Å². The van der Waals surface area contributed by atoms with Gasteiger partial charge in [0.2, 0.25) is 5.91 Å². The Kier molecular flexibility index (Phi) is 6.60. The number of hydrogen-bond acceptors (Lipinski definition) is 5. The summed E-state index contributed by atoms with van der Waals surface area (Å²) in [6.45, 7) is 5.79. The number of nitrogens with zero attached hydrogens (tertiary/aromatic N) is 2. The van der Waals surface area contributed by atoms with Crippen LogP contribution in [0.3, 0.4) is 0 Å². The maximum absolute atomic E-state index is 11.9. The predicted molar refractivity (Wildman–Crippen MR) is 97.0 cm³/mol. The molecule has 0 aromatic carbocycles. The second-order valence-corrected chi connectivity index (χ2v) is 8.98. The highest BCUT2D eigenvalue weighted by Crippen LogP contribution is 2.20. The minimum absolute atomic E-state index is 0.0371. The summed E-state index contributed by atoms with van der Waals surface area (Å²) in [6.07, 6.45) is 5.39. The molecule has 0 aliphatic carbocycles. The van der Waals surface area contributed by atoms with Gasteiger partial charge in [0, 0.05) is 19.5 Å². The summed E-state index contributed by atoms with van der Waals surface area (Å²) in [5.41, 5.74) is 1.06. The topological polar surface area (TPSA) is 79.4 Å². The number of carbonyl (C=O) groups is 1. The fourth-order valence-electron chi connectivity index (χ4n) is 2.84. The standard InChI is InChI=1S/C17H27N3O3S/c1-14(2)13-24(22,23)11-8-17(21)19-16-7-6-15(12-18-16)20-9-4-3-5-10-20/h6-7,12,14H,3-5,8-11,13H2,1-2H3,(H,18,19,21). The van der Waals surface area contributed by atoms with Crippen molar-refractivity contribution in [2.45, 2.75) is 39.5 Å². The third kappa shape index (κ3) is 6.11. The molecule has 1 aliphatic heterocycles. The van der Waals surface area contributed by atoms with Gasteiger partial charge in [0.25, 0.3) is 0 Å². The Morgan fingerprint density at radius 1 is 1.25 bits per heavy atom. The number of carbonyl (C=O) groups excluding carboxylic acids is 1. The van der Waals surface area contributed by atoms with Crippen molar-refractivity contribution in [2.24, 2.45) is 5.92 Å². The van der Waals surface area contributed by atoms with Gasteiger partial charge in [-0.1, -0.05) is 13.8 Å². The molecule has 1 aliphatic rings. The summed E-state index contributed by atoms with van der Waals surface area (Å²) in [5.74, 6) is 0.205. The molecule has 1 N–H and O–H groups in total. The highest BCUT2D eigenvalue weighted by atomic mass is 32.2. The van der Waals surface area contributed by atoms with Crippen molar-refractivity contribution in [3.05, 3.63) is 18.3 Å². The molecule has 0 atom stereocenters. The zero-order chi connectivity index (χ0) is 17.6. The van der Waals surface area contributed by atoms with Crippen molar-refractivity contribution in [3.63, 3.8) is 0 Å². The summed E-state index contributed by atoms with van der Waals surface area (Å²) in [6, 6.07) is 3.72. The van der Waals surface area contributed by atoms with E-state index in [1.165, 1.54) is 19.3 Å². The first kappa shape index (κ1) is 18.7. The van der Waals surface area contributed by atoms with Crippen molar-refractivity contribution < 1.29 is 13.2 Å². The number of aromatic nitrogens is 1. The van der Waals surface area contributed by atoms with Crippen molar-refractivity contribution in [1.29, 1.82) is 0 Å². The monoisotopic (exact) mass is 353 g/mol. The Labute approximate surface area is 144 Å². The van der Waals surface area contributed by atoms with E-state index < -0.39 is 9.84 Å². The number of pyridine rings is 1. The Balaban J connectivity index is 1.83. The lowest BCUT2D eigenvalue weighted by Crippen LogP contribution is -2.29. The minimum Gasteiger partial charge on any atom is -0.370 e. The lowest BCUT2D eigenvalue weighted by Gasteiger charge is -2.28. The first-order valence-corrected chi connectivity index (χ1v) is 10.4. The number of piperidine rings is 1. The molecule has 1 saturated heterocycles. The zero-order valence-corrected chi connectivity index (χ0v) is 15.3. The van der Waals surface area contributed by atoms with Gasteiger partial charge in [-0.25, -0.2) is 13.4 Å². The summed E-state index contributed by atoms with van der Waals surface area (Å²) in [5, 5.41) is 2.66. The van der Waals surface area contributed by atoms with Gasteiger partial charge < -0.3 is 10.2 Å². The average molecular weight is 353 g/mol. The summed E-state index contributed by atoms with van der Waals surface area (Å²) >= 11 is 0. The first-order chi connectivity index (χ1) is 11.4. The molecule has 1 aromatic heterocycles. The molecule has 1 aromatic rings. The summed E-state index contributed by atoms with van der Waals surface area (Å²) in [7, 11) is -3.18. The van der Waals surface area contributed by atoms with Gasteiger partial charge in [0.05, 0.1) is 23.4 Å². The third-order valence-electron chi connectivity index (χ3n) is 3.96. The molecule has 134 valence electrons. The van der Waals surface area contributed by atoms with Crippen LogP contribution in [-0.2, 0) is 14.6 Å². The molecule has 2 rings (SSSR count). The lowest BCUT2D eigenvalue weighted by atomic mass is 10.1. The maximum Gasteiger partial charge on any atom is 0.226 e. The molecule has 2 heterocycles. The fourth-order valence-corrected chi connectivity index (χ4v) is 4.52. The van der Waals surface area contributed by atoms with Crippen LogP contribution < -0.4 is 10.2 Å². The normalized spacial score (nSPS) is 15.5. The Hall–Kier alpha value is -1.63. The van der Waals surface area contributed by atoms with E-state index in [1.807, 2.05) is 19.9 Å². The number of anilines is 2. The van der Waals surface area contributed by atoms with Crippen LogP contribution in [0, 0.1) is 5.92 Å². The molecule has 0 spiro atoms. The maximum atomic E-state index is 11.9. The van der Waals surface area contributed by atoms with Gasteiger partial charge >= 0.3 is 0 Å². The largest absolute Gasteiger partial charge is 0.370 e. The SMILES string of the molecule is CC(C)CS(=O)(=O)CCC(=O)Nc1ccc(N2CCCCC2)cn1. The highest BCUT2D eigenvalue weighted by molar-refractivity contribution is 7.91. The molecule has 1 fully saturated rings. The van der Waals surface area contributed by atoms with Crippen LogP contribution in [0.25, 0.3) is 0 Å². The van der Waals surface area contributed by atoms with Gasteiger partial charge in [-0.2, -0.15) is 0 Å². The van der Waals surface area contributed by atoms with E-state index in [-0.39, 0.29) is 29.8 Å². The van der Waals surface area contributed by atoms with E-state index in [0.29, 0.717) is 5.82 Å². The molecule has 6 nitrogen and oxygen atoms in total. The smallest absolute Gasteiger partial charge is 0.226 e. The number of amides is 1. The number of rotatable bonds is 7. The van der Waals surface area contributed by atoms with E-state index in [2.05, 4.69) is 15.2 Å². The molecule has 1 amide bonds. The van der Waals surface area contributed by atoms with Crippen molar-refractivity contribution >= 4 is 27.2 Å². The number of nitrogens with one attached hydrogen (secondary N) is 1. The van der Waals surface area contributed by atoms with E-state index >= 15 is 0 Å². The highest BCUT2D eigenvalue weighted by Gasteiger charge is 2.16. The van der Waals surface area contributed by atoms with E-state index in [1.54, 1.807) is 12.3 Å². The molecular formula is C17H27N3O3S. The average Bonchev–Trinajstić information content (AvgIpc) is 2.53. The second-order valence-electron chi connectivity index (χ2n) is 6.76. The van der Waals surface area contributed by atoms with Crippen LogP contribution in [0.4, 0.5) is 11.5 Å². The van der Waals surface area contributed by atoms with E-state index in [0.717, 1.165) is 18.8 Å². The third-order valence-corrected chi connectivity index (χ3v) is 5.96. The quantitative estimate of drug-likeness (QED) is 0.814. The summed E-state index contributed by atoms with van der Waals surface area (Å²) < 4.78 is 23.6. The molecule has 0 unspecified atom stereocenters. The Bertz CT molecular complexity index is 636. The van der Waals surface area contributed by atoms with Crippen molar-refractivity contribution in [3.8, 4) is 0 Å². The Morgan fingerprint density at radius 3 is 2.54 bits per heavy atom. The van der Waals surface area contributed by atoms with Crippen LogP contribution in [0.5, 0.6) is 0 Å². The van der Waals surface area contributed by atoms with Crippen molar-refractivity contribution in [1.82, 2.24) is 4.98 Å². The van der Waals surface area contributed by atoms with Crippen LogP contribution in [0.2, 0.25) is 0 Å². The first-order valence-electron chi connectivity index (χ1n) is 8.57. The molecule has 0 saturated carbocycles. The van der Waals surface area contributed by atoms with Crippen LogP contribution in [-0.4, -0.2) is 43.9 Å². The van der Waals surface area contributed by atoms with Crippen LogP contribution in [0.15, 0.2) is 18.3 Å².